The van der Waals surface area contributed by atoms with Crippen molar-refractivity contribution in [3.63, 3.8) is 0 Å². The van der Waals surface area contributed by atoms with Crippen LogP contribution in [0.2, 0.25) is 0 Å². The van der Waals surface area contributed by atoms with Gasteiger partial charge in [0.1, 0.15) is 36.3 Å². The molecule has 1 saturated heterocycles. The molecule has 39 heavy (non-hydrogen) atoms. The summed E-state index contributed by atoms with van der Waals surface area (Å²) < 4.78 is 27.2. The van der Waals surface area contributed by atoms with Crippen LogP contribution in [-0.4, -0.2) is 106 Å². The number of carbonyl (C=O) groups excluding carboxylic acids is 2. The van der Waals surface area contributed by atoms with Gasteiger partial charge in [-0.2, -0.15) is 0 Å². The topological polar surface area (TPSA) is 202 Å². The molecule has 1 fully saturated rings. The number of rotatable bonds is 8. The molecule has 13 heteroatoms. The van der Waals surface area contributed by atoms with Gasteiger partial charge in [-0.25, -0.2) is 9.59 Å². The van der Waals surface area contributed by atoms with E-state index >= 15 is 0 Å². The summed E-state index contributed by atoms with van der Waals surface area (Å²) in [4.78, 5) is 25.2. The minimum atomic E-state index is -1.72. The molecule has 0 radical (unpaired) electrons. The minimum Gasteiger partial charge on any atom is -0.508 e. The zero-order chi connectivity index (χ0) is 28.3. The molecule has 4 rings (SSSR count). The molecule has 0 amide bonds. The molecule has 6 N–H and O–H groups in total. The first kappa shape index (κ1) is 28.7. The lowest BCUT2D eigenvalue weighted by Crippen LogP contribution is -2.60. The van der Waals surface area contributed by atoms with Crippen LogP contribution < -0.4 is 0 Å². The molecule has 1 aromatic rings. The number of ether oxygens (including phenoxy) is 5. The first-order chi connectivity index (χ1) is 18.7. The van der Waals surface area contributed by atoms with Crippen LogP contribution in [0, 0.1) is 11.8 Å². The molecule has 2 unspecified atom stereocenters. The van der Waals surface area contributed by atoms with Gasteiger partial charge in [-0.15, -0.1) is 0 Å². The van der Waals surface area contributed by atoms with E-state index in [0.29, 0.717) is 11.1 Å². The number of carbonyl (C=O) groups is 2. The zero-order valence-corrected chi connectivity index (χ0v) is 20.8. The second-order valence-corrected chi connectivity index (χ2v) is 9.18. The summed E-state index contributed by atoms with van der Waals surface area (Å²) >= 11 is 0. The average Bonchev–Trinajstić information content (AvgIpc) is 3.31. The van der Waals surface area contributed by atoms with Gasteiger partial charge in [0.2, 0.25) is 6.29 Å². The van der Waals surface area contributed by atoms with Crippen LogP contribution in [0.5, 0.6) is 5.75 Å². The quantitative estimate of drug-likeness (QED) is 0.127. The highest BCUT2D eigenvalue weighted by molar-refractivity contribution is 5.90. The van der Waals surface area contributed by atoms with E-state index in [-0.39, 0.29) is 11.3 Å². The number of aliphatic hydroxyl groups excluding tert-OH is 5. The number of hydrogen-bond acceptors (Lipinski definition) is 13. The lowest BCUT2D eigenvalue weighted by molar-refractivity contribution is -0.340. The van der Waals surface area contributed by atoms with Crippen molar-refractivity contribution < 1.29 is 63.9 Å². The Kier molecular flexibility index (Phi) is 9.02. The Bertz CT molecular complexity index is 1130. The standard InChI is InChI=1S/C26H30O13/c1-35-24(34)15-11-36-25(39-26-23(33)22(32)21(31)17(10-28)38-26)19-13(9-27)8-16(20(15)19)37-18(30)7-4-12-2-5-14(29)6-3-12/h2-8,11,16-17,19-23,25-29,31-33H,9-10H2,1H3/b7-4+/t16?,17-,19-,20+,21-,22+,23-,25?,26+/m1/s1. The highest BCUT2D eigenvalue weighted by atomic mass is 16.8. The van der Waals surface area contributed by atoms with E-state index in [1.165, 1.54) is 24.3 Å². The van der Waals surface area contributed by atoms with Crippen molar-refractivity contribution in [1.82, 2.24) is 0 Å². The van der Waals surface area contributed by atoms with Crippen LogP contribution in [0.4, 0.5) is 0 Å². The number of aromatic hydroxyl groups is 1. The molecule has 9 atom stereocenters. The largest absolute Gasteiger partial charge is 0.508 e. The van der Waals surface area contributed by atoms with Crippen molar-refractivity contribution in [1.29, 1.82) is 0 Å². The fourth-order valence-electron chi connectivity index (χ4n) is 4.80. The smallest absolute Gasteiger partial charge is 0.337 e. The maximum Gasteiger partial charge on any atom is 0.337 e. The number of benzene rings is 1. The van der Waals surface area contributed by atoms with E-state index in [0.717, 1.165) is 19.4 Å². The number of methoxy groups -OCH3 is 1. The van der Waals surface area contributed by atoms with Crippen molar-refractivity contribution in [2.45, 2.75) is 43.1 Å². The van der Waals surface area contributed by atoms with Crippen molar-refractivity contribution >= 4 is 18.0 Å². The highest BCUT2D eigenvalue weighted by Gasteiger charge is 2.53. The van der Waals surface area contributed by atoms with Crippen LogP contribution in [0.15, 0.2) is 53.8 Å². The fraction of sp³-hybridized carbons (Fsp3) is 0.462. The predicted molar refractivity (Wildman–Crippen MR) is 129 cm³/mol. The molecule has 0 spiro atoms. The molecule has 0 bridgehead atoms. The van der Waals surface area contributed by atoms with Crippen molar-refractivity contribution in [3.05, 3.63) is 59.4 Å². The van der Waals surface area contributed by atoms with Gasteiger partial charge in [0.05, 0.1) is 38.1 Å². The van der Waals surface area contributed by atoms with Crippen molar-refractivity contribution in [3.8, 4) is 5.75 Å². The molecular weight excluding hydrogens is 520 g/mol. The minimum absolute atomic E-state index is 0.00355. The zero-order valence-electron chi connectivity index (χ0n) is 20.8. The lowest BCUT2D eigenvalue weighted by Gasteiger charge is -2.43. The van der Waals surface area contributed by atoms with E-state index in [1.807, 2.05) is 0 Å². The van der Waals surface area contributed by atoms with Crippen LogP contribution >= 0.6 is 0 Å². The van der Waals surface area contributed by atoms with Gasteiger partial charge in [-0.3, -0.25) is 0 Å². The summed E-state index contributed by atoms with van der Waals surface area (Å²) in [5.74, 6) is -3.31. The maximum absolute atomic E-state index is 12.7. The maximum atomic E-state index is 12.7. The highest BCUT2D eigenvalue weighted by Crippen LogP contribution is 2.45. The van der Waals surface area contributed by atoms with E-state index in [4.69, 9.17) is 23.7 Å². The normalized spacial score (nSPS) is 34.1. The van der Waals surface area contributed by atoms with Gasteiger partial charge in [-0.1, -0.05) is 12.1 Å². The lowest BCUT2D eigenvalue weighted by atomic mass is 9.82. The van der Waals surface area contributed by atoms with Gasteiger partial charge < -0.3 is 54.3 Å². The molecule has 2 heterocycles. The third-order valence-electron chi connectivity index (χ3n) is 6.81. The van der Waals surface area contributed by atoms with Gasteiger partial charge >= 0.3 is 11.9 Å². The van der Waals surface area contributed by atoms with Crippen LogP contribution in [-0.2, 0) is 33.3 Å². The first-order valence-electron chi connectivity index (χ1n) is 12.1. The van der Waals surface area contributed by atoms with Crippen LogP contribution in [0.3, 0.4) is 0 Å². The fourth-order valence-corrected chi connectivity index (χ4v) is 4.80. The van der Waals surface area contributed by atoms with Gasteiger partial charge in [-0.05, 0) is 35.4 Å². The molecule has 0 saturated carbocycles. The molecule has 0 aromatic heterocycles. The van der Waals surface area contributed by atoms with Gasteiger partial charge in [0.15, 0.2) is 6.29 Å². The monoisotopic (exact) mass is 550 g/mol. The summed E-state index contributed by atoms with van der Waals surface area (Å²) in [6.07, 6.45) is -5.04. The molecule has 1 aliphatic carbocycles. The van der Waals surface area contributed by atoms with E-state index < -0.39 is 80.1 Å². The number of phenolic OH excluding ortho intramolecular Hbond substituents is 1. The molecule has 3 aliphatic rings. The third-order valence-corrected chi connectivity index (χ3v) is 6.81. The SMILES string of the molecule is COC(=O)C1=COC(O[C@@H]2O[C@H](CO)[C@@H](O)[C@H](O)[C@H]2O)[C@@H]2C(CO)=CC(OC(=O)/C=C/c3ccc(O)cc3)[C@H]12. The summed E-state index contributed by atoms with van der Waals surface area (Å²) in [6, 6.07) is 6.08. The number of aliphatic hydroxyl groups is 5. The third kappa shape index (κ3) is 5.99. The number of fused-ring (bicyclic) bond motifs is 1. The number of phenols is 1. The molecule has 2 aliphatic heterocycles. The Morgan fingerprint density at radius 1 is 1.00 bits per heavy atom. The van der Waals surface area contributed by atoms with Crippen LogP contribution in [0.25, 0.3) is 6.08 Å². The summed E-state index contributed by atoms with van der Waals surface area (Å²) in [5, 5.41) is 59.5. The second-order valence-electron chi connectivity index (χ2n) is 9.18. The molecule has 212 valence electrons. The number of esters is 2. The first-order valence-corrected chi connectivity index (χ1v) is 12.1. The summed E-state index contributed by atoms with van der Waals surface area (Å²) in [7, 11) is 1.16. The molecule has 1 aromatic carbocycles. The van der Waals surface area contributed by atoms with Crippen molar-refractivity contribution in [2.24, 2.45) is 11.8 Å². The van der Waals surface area contributed by atoms with Gasteiger partial charge in [0, 0.05) is 12.0 Å². The Morgan fingerprint density at radius 3 is 2.36 bits per heavy atom. The van der Waals surface area contributed by atoms with E-state index in [2.05, 4.69) is 0 Å². The second kappa shape index (κ2) is 12.3. The average molecular weight is 551 g/mol. The Labute approximate surface area is 222 Å². The number of hydrogen-bond donors (Lipinski definition) is 6. The predicted octanol–water partition coefficient (Wildman–Crippen LogP) is -1.29. The van der Waals surface area contributed by atoms with E-state index in [1.54, 1.807) is 12.1 Å². The van der Waals surface area contributed by atoms with E-state index in [9.17, 15) is 40.2 Å². The van der Waals surface area contributed by atoms with Crippen LogP contribution in [0.1, 0.15) is 5.56 Å². The Hall–Kier alpha value is -3.30. The summed E-state index contributed by atoms with van der Waals surface area (Å²) in [5.41, 5.74) is 0.912. The summed E-state index contributed by atoms with van der Waals surface area (Å²) in [6.45, 7) is -1.20. The Balaban J connectivity index is 1.56. The van der Waals surface area contributed by atoms with Gasteiger partial charge in [0.25, 0.3) is 0 Å². The molecular formula is C26H30O13. The van der Waals surface area contributed by atoms with Crippen molar-refractivity contribution in [2.75, 3.05) is 20.3 Å². The molecule has 13 nitrogen and oxygen atoms in total. The Morgan fingerprint density at radius 2 is 1.72 bits per heavy atom.